The van der Waals surface area contributed by atoms with E-state index >= 15 is 0 Å². The van der Waals surface area contributed by atoms with Crippen LogP contribution in [0.25, 0.3) is 0 Å². The fourth-order valence-electron chi connectivity index (χ4n) is 1.90. The summed E-state index contributed by atoms with van der Waals surface area (Å²) in [5.41, 5.74) is 1.37. The molecule has 2 amide bonds. The van der Waals surface area contributed by atoms with Gasteiger partial charge in [0, 0.05) is 5.69 Å². The predicted octanol–water partition coefficient (Wildman–Crippen LogP) is 3.03. The maximum absolute atomic E-state index is 12.3. The van der Waals surface area contributed by atoms with Gasteiger partial charge in [0.25, 0.3) is 0 Å². The number of halogens is 3. The highest BCUT2D eigenvalue weighted by atomic mass is 19.4. The van der Waals surface area contributed by atoms with Crippen LogP contribution < -0.4 is 10.6 Å². The Kier molecular flexibility index (Phi) is 5.96. The standard InChI is InChI=1S/C15H19F3N2O2/c1-9(2)7-12(20-14(22)15(16,17)18)13(21)19-11-6-4-5-10(3)8-11/h4-6,8-9,12H,7H2,1-3H3,(H,19,21)(H,20,22)/t12-/m1/s1. The number of hydrogen-bond acceptors (Lipinski definition) is 2. The maximum Gasteiger partial charge on any atom is 0.471 e. The first-order valence-corrected chi connectivity index (χ1v) is 6.85. The summed E-state index contributed by atoms with van der Waals surface area (Å²) in [6.45, 7) is 5.34. The van der Waals surface area contributed by atoms with Gasteiger partial charge in [0.15, 0.2) is 0 Å². The van der Waals surface area contributed by atoms with Gasteiger partial charge in [0.2, 0.25) is 5.91 Å². The molecule has 1 aromatic rings. The molecule has 22 heavy (non-hydrogen) atoms. The molecule has 1 rings (SSSR count). The van der Waals surface area contributed by atoms with Crippen molar-refractivity contribution in [2.24, 2.45) is 5.92 Å². The summed E-state index contributed by atoms with van der Waals surface area (Å²) in [5.74, 6) is -2.84. The first-order valence-electron chi connectivity index (χ1n) is 6.85. The number of anilines is 1. The summed E-state index contributed by atoms with van der Waals surface area (Å²) in [4.78, 5) is 23.2. The number of carbonyl (C=O) groups is 2. The highest BCUT2D eigenvalue weighted by molar-refractivity contribution is 5.97. The van der Waals surface area contributed by atoms with Gasteiger partial charge in [0.1, 0.15) is 6.04 Å². The molecular formula is C15H19F3N2O2. The van der Waals surface area contributed by atoms with Crippen molar-refractivity contribution in [3.63, 3.8) is 0 Å². The van der Waals surface area contributed by atoms with E-state index in [0.717, 1.165) is 5.56 Å². The fraction of sp³-hybridized carbons (Fsp3) is 0.467. The van der Waals surface area contributed by atoms with Gasteiger partial charge in [-0.3, -0.25) is 9.59 Å². The zero-order valence-electron chi connectivity index (χ0n) is 12.6. The molecule has 7 heteroatoms. The van der Waals surface area contributed by atoms with Crippen LogP contribution in [-0.2, 0) is 9.59 Å². The van der Waals surface area contributed by atoms with Crippen molar-refractivity contribution >= 4 is 17.5 Å². The normalized spacial score (nSPS) is 12.9. The molecule has 0 saturated heterocycles. The average molecular weight is 316 g/mol. The van der Waals surface area contributed by atoms with Gasteiger partial charge >= 0.3 is 12.1 Å². The largest absolute Gasteiger partial charge is 0.471 e. The van der Waals surface area contributed by atoms with Crippen LogP contribution >= 0.6 is 0 Å². The van der Waals surface area contributed by atoms with Crippen molar-refractivity contribution < 1.29 is 22.8 Å². The molecule has 0 aliphatic rings. The number of rotatable bonds is 5. The number of benzene rings is 1. The van der Waals surface area contributed by atoms with Crippen LogP contribution in [0.5, 0.6) is 0 Å². The third-order valence-electron chi connectivity index (χ3n) is 2.87. The third kappa shape index (κ3) is 5.75. The minimum Gasteiger partial charge on any atom is -0.336 e. The number of alkyl halides is 3. The van der Waals surface area contributed by atoms with E-state index in [-0.39, 0.29) is 12.3 Å². The Labute approximate surface area is 127 Å². The predicted molar refractivity (Wildman–Crippen MR) is 77.2 cm³/mol. The lowest BCUT2D eigenvalue weighted by molar-refractivity contribution is -0.174. The van der Waals surface area contributed by atoms with Gasteiger partial charge in [-0.15, -0.1) is 0 Å². The Morgan fingerprint density at radius 2 is 1.86 bits per heavy atom. The Morgan fingerprint density at radius 3 is 2.36 bits per heavy atom. The average Bonchev–Trinajstić information content (AvgIpc) is 2.36. The highest BCUT2D eigenvalue weighted by Crippen LogP contribution is 2.17. The van der Waals surface area contributed by atoms with E-state index in [2.05, 4.69) is 5.32 Å². The molecule has 4 nitrogen and oxygen atoms in total. The second kappa shape index (κ2) is 7.29. The quantitative estimate of drug-likeness (QED) is 0.877. The molecular weight excluding hydrogens is 297 g/mol. The third-order valence-corrected chi connectivity index (χ3v) is 2.87. The van der Waals surface area contributed by atoms with Crippen LogP contribution in [0.15, 0.2) is 24.3 Å². The van der Waals surface area contributed by atoms with Crippen LogP contribution in [0.1, 0.15) is 25.8 Å². The fourth-order valence-corrected chi connectivity index (χ4v) is 1.90. The molecule has 0 saturated carbocycles. The summed E-state index contributed by atoms with van der Waals surface area (Å²) in [6, 6.07) is 5.62. The van der Waals surface area contributed by atoms with Crippen LogP contribution in [-0.4, -0.2) is 24.0 Å². The summed E-state index contributed by atoms with van der Waals surface area (Å²) in [5, 5.41) is 4.27. The van der Waals surface area contributed by atoms with Crippen LogP contribution in [0, 0.1) is 12.8 Å². The van der Waals surface area contributed by atoms with E-state index in [9.17, 15) is 22.8 Å². The Bertz CT molecular complexity index is 542. The van der Waals surface area contributed by atoms with Gasteiger partial charge < -0.3 is 10.6 Å². The molecule has 2 N–H and O–H groups in total. The van der Waals surface area contributed by atoms with Crippen LogP contribution in [0.2, 0.25) is 0 Å². The van der Waals surface area contributed by atoms with E-state index in [4.69, 9.17) is 0 Å². The molecule has 0 fully saturated rings. The van der Waals surface area contributed by atoms with Crippen LogP contribution in [0.4, 0.5) is 18.9 Å². The smallest absolute Gasteiger partial charge is 0.336 e. The van der Waals surface area contributed by atoms with E-state index in [1.54, 1.807) is 37.4 Å². The second-order valence-electron chi connectivity index (χ2n) is 5.51. The number of hydrogen-bond donors (Lipinski definition) is 2. The molecule has 122 valence electrons. The Hall–Kier alpha value is -2.05. The van der Waals surface area contributed by atoms with Crippen molar-refractivity contribution in [2.45, 2.75) is 39.4 Å². The van der Waals surface area contributed by atoms with Crippen molar-refractivity contribution in [3.05, 3.63) is 29.8 Å². The second-order valence-corrected chi connectivity index (χ2v) is 5.51. The molecule has 0 radical (unpaired) electrons. The summed E-state index contributed by atoms with van der Waals surface area (Å²) < 4.78 is 37.0. The van der Waals surface area contributed by atoms with Crippen molar-refractivity contribution in [1.82, 2.24) is 5.32 Å². The lowest BCUT2D eigenvalue weighted by Gasteiger charge is -2.21. The van der Waals surface area contributed by atoms with E-state index in [1.165, 1.54) is 0 Å². The van der Waals surface area contributed by atoms with Gasteiger partial charge in [-0.05, 0) is 37.0 Å². The molecule has 0 aliphatic carbocycles. The Morgan fingerprint density at radius 1 is 1.23 bits per heavy atom. The molecule has 0 bridgehead atoms. The topological polar surface area (TPSA) is 58.2 Å². The molecule has 0 spiro atoms. The molecule has 1 atom stereocenters. The van der Waals surface area contributed by atoms with Crippen molar-refractivity contribution in [1.29, 1.82) is 0 Å². The van der Waals surface area contributed by atoms with E-state index < -0.39 is 24.0 Å². The lowest BCUT2D eigenvalue weighted by Crippen LogP contribution is -2.49. The van der Waals surface area contributed by atoms with E-state index in [0.29, 0.717) is 5.69 Å². The SMILES string of the molecule is Cc1cccc(NC(=O)[C@@H](CC(C)C)NC(=O)C(F)(F)F)c1. The minimum atomic E-state index is -5.02. The molecule has 1 aromatic carbocycles. The first-order chi connectivity index (χ1) is 10.1. The minimum absolute atomic E-state index is 0.0539. The van der Waals surface area contributed by atoms with Crippen LogP contribution in [0.3, 0.4) is 0 Å². The first kappa shape index (κ1) is 18.0. The monoisotopic (exact) mass is 316 g/mol. The highest BCUT2D eigenvalue weighted by Gasteiger charge is 2.40. The maximum atomic E-state index is 12.3. The summed E-state index contributed by atoms with van der Waals surface area (Å²) in [7, 11) is 0. The zero-order valence-corrected chi connectivity index (χ0v) is 12.6. The molecule has 0 aliphatic heterocycles. The van der Waals surface area contributed by atoms with Gasteiger partial charge in [-0.25, -0.2) is 0 Å². The molecule has 0 unspecified atom stereocenters. The summed E-state index contributed by atoms with van der Waals surface area (Å²) in [6.07, 6.45) is -4.90. The Balaban J connectivity index is 2.82. The number of aryl methyl sites for hydroxylation is 1. The zero-order chi connectivity index (χ0) is 16.9. The number of carbonyl (C=O) groups excluding carboxylic acids is 2. The van der Waals surface area contributed by atoms with Gasteiger partial charge in [-0.1, -0.05) is 26.0 Å². The summed E-state index contributed by atoms with van der Waals surface area (Å²) >= 11 is 0. The van der Waals surface area contributed by atoms with Gasteiger partial charge in [0.05, 0.1) is 0 Å². The van der Waals surface area contributed by atoms with E-state index in [1.807, 2.05) is 13.0 Å². The van der Waals surface area contributed by atoms with Crippen molar-refractivity contribution in [3.8, 4) is 0 Å². The number of amides is 2. The molecule has 0 heterocycles. The molecule has 0 aromatic heterocycles. The number of nitrogens with one attached hydrogen (secondary N) is 2. The van der Waals surface area contributed by atoms with Gasteiger partial charge in [-0.2, -0.15) is 13.2 Å². The lowest BCUT2D eigenvalue weighted by atomic mass is 10.0. The van der Waals surface area contributed by atoms with Crippen molar-refractivity contribution in [2.75, 3.05) is 5.32 Å².